The minimum absolute atomic E-state index is 0.0606. The van der Waals surface area contributed by atoms with E-state index in [1.807, 2.05) is 6.92 Å². The summed E-state index contributed by atoms with van der Waals surface area (Å²) in [4.78, 5) is 0. The molecular formula is C18H25F6N. The van der Waals surface area contributed by atoms with Crippen molar-refractivity contribution in [2.45, 2.75) is 69.8 Å². The number of nitrogens with one attached hydrogen (secondary N) is 1. The van der Waals surface area contributed by atoms with Crippen molar-refractivity contribution in [2.24, 2.45) is 0 Å². The van der Waals surface area contributed by atoms with Gasteiger partial charge in [0.05, 0.1) is 5.92 Å². The zero-order valence-electron chi connectivity index (χ0n) is 14.5. The highest BCUT2D eigenvalue weighted by atomic mass is 19.3. The fourth-order valence-corrected chi connectivity index (χ4v) is 2.66. The Hall–Kier alpha value is -1.24. The maximum absolute atomic E-state index is 14.6. The molecule has 0 aliphatic carbocycles. The van der Waals surface area contributed by atoms with Gasteiger partial charge in [-0.2, -0.15) is 26.3 Å². The van der Waals surface area contributed by atoms with Crippen molar-refractivity contribution in [3.8, 4) is 0 Å². The molecule has 25 heavy (non-hydrogen) atoms. The van der Waals surface area contributed by atoms with E-state index >= 15 is 0 Å². The molecule has 0 aromatic heterocycles. The van der Waals surface area contributed by atoms with Crippen molar-refractivity contribution in [2.75, 3.05) is 6.54 Å². The number of unbranched alkanes of at least 4 members (excludes halogenated alkanes) is 2. The molecule has 0 saturated heterocycles. The van der Waals surface area contributed by atoms with Crippen LogP contribution in [0.1, 0.15) is 57.4 Å². The number of halogens is 6. The molecule has 0 bridgehead atoms. The Bertz CT molecular complexity index is 504. The molecule has 1 unspecified atom stereocenters. The zero-order chi connectivity index (χ0) is 19.1. The maximum atomic E-state index is 14.6. The molecular weight excluding hydrogens is 344 g/mol. The Morgan fingerprint density at radius 1 is 0.880 bits per heavy atom. The molecule has 0 aliphatic rings. The first-order valence-electron chi connectivity index (χ1n) is 8.55. The molecule has 0 aliphatic heterocycles. The molecule has 1 rings (SSSR count). The molecule has 1 nitrogen and oxygen atoms in total. The summed E-state index contributed by atoms with van der Waals surface area (Å²) in [6.45, 7) is 2.84. The van der Waals surface area contributed by atoms with Crippen LogP contribution in [0.3, 0.4) is 0 Å². The smallest absolute Gasteiger partial charge is 0.253 e. The highest BCUT2D eigenvalue weighted by Gasteiger charge is 2.73. The summed E-state index contributed by atoms with van der Waals surface area (Å²) in [5.41, 5.74) is -0.0606. The van der Waals surface area contributed by atoms with E-state index in [0.717, 1.165) is 0 Å². The van der Waals surface area contributed by atoms with E-state index in [0.29, 0.717) is 12.8 Å². The van der Waals surface area contributed by atoms with Gasteiger partial charge in [0.25, 0.3) is 0 Å². The van der Waals surface area contributed by atoms with Crippen LogP contribution in [0.25, 0.3) is 0 Å². The van der Waals surface area contributed by atoms with Gasteiger partial charge >= 0.3 is 17.9 Å². The van der Waals surface area contributed by atoms with Crippen LogP contribution >= 0.6 is 0 Å². The number of rotatable bonds is 11. The largest absolute Gasteiger partial charge is 0.386 e. The summed E-state index contributed by atoms with van der Waals surface area (Å²) in [5, 5.41) is 1.27. The van der Waals surface area contributed by atoms with Gasteiger partial charge in [-0.15, -0.1) is 0 Å². The zero-order valence-corrected chi connectivity index (χ0v) is 14.5. The average Bonchev–Trinajstić information content (AvgIpc) is 2.57. The van der Waals surface area contributed by atoms with Crippen molar-refractivity contribution < 1.29 is 26.3 Å². The summed E-state index contributed by atoms with van der Waals surface area (Å²) >= 11 is 0. The van der Waals surface area contributed by atoms with Crippen molar-refractivity contribution >= 4 is 0 Å². The van der Waals surface area contributed by atoms with Crippen LogP contribution in [-0.4, -0.2) is 24.4 Å². The molecule has 1 aromatic rings. The molecule has 0 heterocycles. The van der Waals surface area contributed by atoms with Gasteiger partial charge in [-0.3, -0.25) is 5.32 Å². The summed E-state index contributed by atoms with van der Waals surface area (Å²) in [6.07, 6.45) is 1.36. The van der Waals surface area contributed by atoms with E-state index in [2.05, 4.69) is 0 Å². The molecule has 0 saturated carbocycles. The lowest BCUT2D eigenvalue weighted by molar-refractivity contribution is -0.325. The standard InChI is InChI=1S/C18H25F6N/c1-3-5-7-12-15(14-10-8-6-9-11-14)16(19,20)17(21,22)18(23,24)25-13-4-2/h6,8-11,15,25H,3-5,7,12-13H2,1-2H3. The summed E-state index contributed by atoms with van der Waals surface area (Å²) in [5.74, 6) is -12.4. The van der Waals surface area contributed by atoms with E-state index in [4.69, 9.17) is 0 Å². The number of alkyl halides is 6. The molecule has 144 valence electrons. The van der Waals surface area contributed by atoms with Gasteiger partial charge in [0.2, 0.25) is 0 Å². The Morgan fingerprint density at radius 3 is 2.00 bits per heavy atom. The third kappa shape index (κ3) is 4.90. The van der Waals surface area contributed by atoms with Gasteiger partial charge in [0.15, 0.2) is 0 Å². The van der Waals surface area contributed by atoms with E-state index in [1.165, 1.54) is 36.5 Å². The topological polar surface area (TPSA) is 12.0 Å². The van der Waals surface area contributed by atoms with Crippen molar-refractivity contribution in [3.05, 3.63) is 35.9 Å². The van der Waals surface area contributed by atoms with E-state index in [-0.39, 0.29) is 24.8 Å². The predicted molar refractivity (Wildman–Crippen MR) is 86.5 cm³/mol. The first-order valence-corrected chi connectivity index (χ1v) is 8.55. The summed E-state index contributed by atoms with van der Waals surface area (Å²) in [6, 6.07) is 1.98. The third-order valence-corrected chi connectivity index (χ3v) is 4.15. The fourth-order valence-electron chi connectivity index (χ4n) is 2.66. The Morgan fingerprint density at radius 2 is 1.48 bits per heavy atom. The van der Waals surface area contributed by atoms with Gasteiger partial charge in [0, 0.05) is 6.54 Å². The second-order valence-electron chi connectivity index (χ2n) is 6.16. The molecule has 7 heteroatoms. The predicted octanol–water partition coefficient (Wildman–Crippen LogP) is 6.21. The fraction of sp³-hybridized carbons (Fsp3) is 0.667. The third-order valence-electron chi connectivity index (χ3n) is 4.15. The maximum Gasteiger partial charge on any atom is 0.386 e. The highest BCUT2D eigenvalue weighted by molar-refractivity contribution is 5.24. The van der Waals surface area contributed by atoms with Crippen LogP contribution in [0, 0.1) is 0 Å². The molecule has 0 fully saturated rings. The number of hydrogen-bond donors (Lipinski definition) is 1. The van der Waals surface area contributed by atoms with Crippen molar-refractivity contribution in [3.63, 3.8) is 0 Å². The van der Waals surface area contributed by atoms with E-state index < -0.39 is 30.4 Å². The molecule has 1 aromatic carbocycles. The molecule has 0 radical (unpaired) electrons. The molecule has 1 N–H and O–H groups in total. The SMILES string of the molecule is CCCCCC(c1ccccc1)C(F)(F)C(F)(F)C(F)(F)NCCC. The van der Waals surface area contributed by atoms with Crippen molar-refractivity contribution in [1.82, 2.24) is 5.32 Å². The van der Waals surface area contributed by atoms with Crippen LogP contribution in [0.5, 0.6) is 0 Å². The van der Waals surface area contributed by atoms with Crippen LogP contribution < -0.4 is 5.32 Å². The summed E-state index contributed by atoms with van der Waals surface area (Å²) < 4.78 is 85.2. The Kier molecular flexibility index (Phi) is 7.78. The molecule has 1 atom stereocenters. The second-order valence-corrected chi connectivity index (χ2v) is 6.16. The van der Waals surface area contributed by atoms with E-state index in [9.17, 15) is 26.3 Å². The molecule has 0 spiro atoms. The minimum Gasteiger partial charge on any atom is -0.253 e. The Labute approximate surface area is 144 Å². The van der Waals surface area contributed by atoms with Crippen LogP contribution in [0.15, 0.2) is 30.3 Å². The normalized spacial score (nSPS) is 14.6. The summed E-state index contributed by atoms with van der Waals surface area (Å²) in [7, 11) is 0. The van der Waals surface area contributed by atoms with Crippen molar-refractivity contribution in [1.29, 1.82) is 0 Å². The van der Waals surface area contributed by atoms with Gasteiger partial charge < -0.3 is 0 Å². The average molecular weight is 369 g/mol. The van der Waals surface area contributed by atoms with Gasteiger partial charge in [-0.05, 0) is 18.4 Å². The van der Waals surface area contributed by atoms with Crippen LogP contribution in [0.4, 0.5) is 26.3 Å². The quantitative estimate of drug-likeness (QED) is 0.278. The Balaban J connectivity index is 3.19. The molecule has 0 amide bonds. The van der Waals surface area contributed by atoms with Gasteiger partial charge in [0.1, 0.15) is 0 Å². The number of benzene rings is 1. The van der Waals surface area contributed by atoms with Gasteiger partial charge in [-0.1, -0.05) is 63.4 Å². The monoisotopic (exact) mass is 369 g/mol. The van der Waals surface area contributed by atoms with E-state index in [1.54, 1.807) is 6.07 Å². The first-order chi connectivity index (χ1) is 11.6. The lowest BCUT2D eigenvalue weighted by Crippen LogP contribution is -2.62. The first kappa shape index (κ1) is 21.8. The lowest BCUT2D eigenvalue weighted by Gasteiger charge is -2.37. The minimum atomic E-state index is -5.51. The number of hydrogen-bond acceptors (Lipinski definition) is 1. The van der Waals surface area contributed by atoms with Crippen LogP contribution in [-0.2, 0) is 0 Å². The lowest BCUT2D eigenvalue weighted by atomic mass is 9.84. The van der Waals surface area contributed by atoms with Crippen LogP contribution in [0.2, 0.25) is 0 Å². The van der Waals surface area contributed by atoms with Gasteiger partial charge in [-0.25, -0.2) is 0 Å². The highest BCUT2D eigenvalue weighted by Crippen LogP contribution is 2.52. The second kappa shape index (κ2) is 8.92.